The number of carbonyl (C=O) groups is 2. The van der Waals surface area contributed by atoms with Crippen LogP contribution in [0.3, 0.4) is 0 Å². The van der Waals surface area contributed by atoms with Crippen molar-refractivity contribution in [1.29, 1.82) is 0 Å². The molecule has 1 unspecified atom stereocenters. The Morgan fingerprint density at radius 3 is 2.24 bits per heavy atom. The van der Waals surface area contributed by atoms with Gasteiger partial charge in [0.1, 0.15) is 23.3 Å². The van der Waals surface area contributed by atoms with Crippen molar-refractivity contribution in [1.82, 2.24) is 35.1 Å². The fourth-order valence-corrected chi connectivity index (χ4v) is 4.52. The molecule has 3 rings (SSSR count). The number of aromatic amines is 2. The zero-order valence-electron chi connectivity index (χ0n) is 25.1. The van der Waals surface area contributed by atoms with Gasteiger partial charge in [0.25, 0.3) is 0 Å². The van der Waals surface area contributed by atoms with E-state index in [1.54, 1.807) is 19.3 Å². The van der Waals surface area contributed by atoms with E-state index in [2.05, 4.69) is 61.3 Å². The summed E-state index contributed by atoms with van der Waals surface area (Å²) >= 11 is 0. The molecule has 0 fully saturated rings. The topological polar surface area (TPSA) is 128 Å². The molecule has 0 saturated heterocycles. The highest BCUT2D eigenvalue weighted by atomic mass is 16.6. The van der Waals surface area contributed by atoms with Gasteiger partial charge in [0.2, 0.25) is 0 Å². The summed E-state index contributed by atoms with van der Waals surface area (Å²) in [6.07, 6.45) is 7.91. The Balaban J connectivity index is 1.59. The molecule has 41 heavy (non-hydrogen) atoms. The van der Waals surface area contributed by atoms with Crippen LogP contribution in [0.4, 0.5) is 4.79 Å². The lowest BCUT2D eigenvalue weighted by molar-refractivity contribution is -0.149. The van der Waals surface area contributed by atoms with Crippen molar-refractivity contribution in [2.24, 2.45) is 0 Å². The van der Waals surface area contributed by atoms with Gasteiger partial charge in [0, 0.05) is 44.4 Å². The Morgan fingerprint density at radius 1 is 1.00 bits per heavy atom. The quantitative estimate of drug-likeness (QED) is 0.180. The number of nitrogens with one attached hydrogen (secondary N) is 3. The van der Waals surface area contributed by atoms with Crippen molar-refractivity contribution in [2.75, 3.05) is 20.2 Å². The average molecular weight is 568 g/mol. The van der Waals surface area contributed by atoms with Gasteiger partial charge in [0.05, 0.1) is 19.2 Å². The second-order valence-electron chi connectivity index (χ2n) is 11.2. The van der Waals surface area contributed by atoms with Crippen molar-refractivity contribution in [2.45, 2.75) is 84.8 Å². The first-order valence-electron chi connectivity index (χ1n) is 14.2. The molecule has 0 saturated carbocycles. The largest absolute Gasteiger partial charge is 0.465 e. The Labute approximate surface area is 243 Å². The second kappa shape index (κ2) is 15.3. The number of hydrogen-bond donors (Lipinski definition) is 3. The molecular formula is C30H45N7O4. The standard InChI is InChI=1S/C30H45N7O4/c1-7-40-28(38)25(9-8-14-35-29(39)41-30(3,4)5)36(6)19-23-10-12-24(13-11-23)20-37(21-26-31-15-16-32-26)22(2)27-33-17-18-34-27/h10-13,15-18,22,25H,7-9,14,19-21H2,1-6H3,(H,31,32)(H,33,34)(H,35,39)/t22?,25-/m1/s1. The number of amides is 1. The molecule has 0 spiro atoms. The minimum atomic E-state index is -0.553. The van der Waals surface area contributed by atoms with E-state index < -0.39 is 17.7 Å². The molecule has 0 radical (unpaired) electrons. The van der Waals surface area contributed by atoms with Crippen LogP contribution in [0.5, 0.6) is 0 Å². The molecule has 2 heterocycles. The molecule has 0 aliphatic heterocycles. The summed E-state index contributed by atoms with van der Waals surface area (Å²) in [5.41, 5.74) is 1.70. The van der Waals surface area contributed by atoms with Crippen molar-refractivity contribution in [3.63, 3.8) is 0 Å². The van der Waals surface area contributed by atoms with Crippen molar-refractivity contribution in [3.05, 3.63) is 71.8 Å². The Kier molecular flexibility index (Phi) is 11.9. The normalized spacial score (nSPS) is 13.3. The number of likely N-dealkylation sites (N-methyl/N-ethyl adjacent to an activating group) is 1. The summed E-state index contributed by atoms with van der Waals surface area (Å²) in [5, 5.41) is 2.76. The summed E-state index contributed by atoms with van der Waals surface area (Å²) in [4.78, 5) is 44.3. The van der Waals surface area contributed by atoms with Gasteiger partial charge in [-0.2, -0.15) is 0 Å². The van der Waals surface area contributed by atoms with Crippen molar-refractivity contribution < 1.29 is 19.1 Å². The molecule has 2 atom stereocenters. The van der Waals surface area contributed by atoms with E-state index in [1.165, 1.54) is 0 Å². The lowest BCUT2D eigenvalue weighted by atomic mass is 10.1. The van der Waals surface area contributed by atoms with Crippen molar-refractivity contribution >= 4 is 12.1 Å². The molecule has 2 aromatic heterocycles. The molecule has 3 N–H and O–H groups in total. The molecule has 1 amide bonds. The van der Waals surface area contributed by atoms with E-state index in [1.807, 2.05) is 45.1 Å². The fraction of sp³-hybridized carbons (Fsp3) is 0.533. The Bertz CT molecular complexity index is 1170. The maximum atomic E-state index is 12.8. The molecule has 11 heteroatoms. The number of carbonyl (C=O) groups excluding carboxylic acids is 2. The minimum absolute atomic E-state index is 0.0658. The summed E-state index contributed by atoms with van der Waals surface area (Å²) in [6.45, 7) is 12.1. The molecule has 0 aliphatic carbocycles. The highest BCUT2D eigenvalue weighted by molar-refractivity contribution is 5.75. The third-order valence-corrected chi connectivity index (χ3v) is 6.62. The van der Waals surface area contributed by atoms with Crippen LogP contribution in [0.15, 0.2) is 49.1 Å². The van der Waals surface area contributed by atoms with Crippen LogP contribution in [0.25, 0.3) is 0 Å². The summed E-state index contributed by atoms with van der Waals surface area (Å²) in [5.74, 6) is 1.54. The number of nitrogens with zero attached hydrogens (tertiary/aromatic N) is 4. The van der Waals surface area contributed by atoms with Gasteiger partial charge in [-0.3, -0.25) is 14.6 Å². The van der Waals surface area contributed by atoms with Crippen LogP contribution in [-0.4, -0.2) is 73.6 Å². The van der Waals surface area contributed by atoms with Crippen molar-refractivity contribution in [3.8, 4) is 0 Å². The van der Waals surface area contributed by atoms with E-state index in [4.69, 9.17) is 9.47 Å². The lowest BCUT2D eigenvalue weighted by Gasteiger charge is -2.28. The first kappa shape index (κ1) is 31.8. The number of aromatic nitrogens is 4. The van der Waals surface area contributed by atoms with E-state index >= 15 is 0 Å². The Hall–Kier alpha value is -3.70. The number of hydrogen-bond acceptors (Lipinski definition) is 8. The number of H-pyrrole nitrogens is 2. The van der Waals surface area contributed by atoms with Gasteiger partial charge in [-0.15, -0.1) is 0 Å². The molecule has 0 aliphatic rings. The Morgan fingerprint density at radius 2 is 1.66 bits per heavy atom. The van der Waals surface area contributed by atoms with E-state index in [-0.39, 0.29) is 12.0 Å². The predicted molar refractivity (Wildman–Crippen MR) is 157 cm³/mol. The van der Waals surface area contributed by atoms with Gasteiger partial charge in [0.15, 0.2) is 0 Å². The number of ether oxygens (including phenoxy) is 2. The van der Waals surface area contributed by atoms with Gasteiger partial charge in [-0.1, -0.05) is 24.3 Å². The first-order chi connectivity index (χ1) is 19.6. The third kappa shape index (κ3) is 10.7. The number of alkyl carbamates (subject to hydrolysis) is 1. The fourth-order valence-electron chi connectivity index (χ4n) is 4.52. The lowest BCUT2D eigenvalue weighted by Crippen LogP contribution is -2.40. The number of imidazole rings is 2. The van der Waals surface area contributed by atoms with Gasteiger partial charge < -0.3 is 24.8 Å². The molecule has 1 aromatic carbocycles. The maximum Gasteiger partial charge on any atom is 0.407 e. The molecule has 3 aromatic rings. The van der Waals surface area contributed by atoms with Gasteiger partial charge in [-0.25, -0.2) is 14.8 Å². The zero-order chi connectivity index (χ0) is 29.8. The van der Waals surface area contributed by atoms with E-state index in [0.29, 0.717) is 39.1 Å². The molecule has 224 valence electrons. The highest BCUT2D eigenvalue weighted by Gasteiger charge is 2.25. The third-order valence-electron chi connectivity index (χ3n) is 6.62. The SMILES string of the molecule is CCOC(=O)[C@@H](CCCNC(=O)OC(C)(C)C)N(C)Cc1ccc(CN(Cc2ncc[nH]2)C(C)c2ncc[nH]2)cc1. The summed E-state index contributed by atoms with van der Waals surface area (Å²) in [7, 11) is 1.92. The van der Waals surface area contributed by atoms with Crippen LogP contribution in [0, 0.1) is 0 Å². The minimum Gasteiger partial charge on any atom is -0.465 e. The van der Waals surface area contributed by atoms with E-state index in [9.17, 15) is 9.59 Å². The maximum absolute atomic E-state index is 12.8. The smallest absolute Gasteiger partial charge is 0.407 e. The van der Waals surface area contributed by atoms with Crippen LogP contribution >= 0.6 is 0 Å². The molecule has 0 bridgehead atoms. The zero-order valence-corrected chi connectivity index (χ0v) is 25.1. The monoisotopic (exact) mass is 567 g/mol. The van der Waals surface area contributed by atoms with Gasteiger partial charge >= 0.3 is 12.1 Å². The first-order valence-corrected chi connectivity index (χ1v) is 14.2. The van der Waals surface area contributed by atoms with Crippen LogP contribution in [0.2, 0.25) is 0 Å². The number of esters is 1. The van der Waals surface area contributed by atoms with Gasteiger partial charge in [-0.05, 0) is 65.6 Å². The average Bonchev–Trinajstić information content (AvgIpc) is 3.63. The van der Waals surface area contributed by atoms with E-state index in [0.717, 1.165) is 29.3 Å². The summed E-state index contributed by atoms with van der Waals surface area (Å²) < 4.78 is 10.6. The highest BCUT2D eigenvalue weighted by Crippen LogP contribution is 2.22. The predicted octanol–water partition coefficient (Wildman–Crippen LogP) is 4.56. The number of benzene rings is 1. The van der Waals surface area contributed by atoms with Crippen LogP contribution in [-0.2, 0) is 33.9 Å². The second-order valence-corrected chi connectivity index (χ2v) is 11.2. The molecular weight excluding hydrogens is 522 g/mol. The number of rotatable bonds is 15. The van der Waals surface area contributed by atoms with Crippen LogP contribution in [0.1, 0.15) is 76.3 Å². The summed E-state index contributed by atoms with van der Waals surface area (Å²) in [6, 6.07) is 8.08. The molecule has 11 nitrogen and oxygen atoms in total. The van der Waals surface area contributed by atoms with Crippen LogP contribution < -0.4 is 5.32 Å².